The Morgan fingerprint density at radius 3 is 2.25 bits per heavy atom. The number of carbonyl (C=O) groups excluding carboxylic acids is 1. The van der Waals surface area contributed by atoms with E-state index in [2.05, 4.69) is 25.2 Å². The van der Waals surface area contributed by atoms with E-state index < -0.39 is 0 Å². The van der Waals surface area contributed by atoms with Crippen LogP contribution in [0.4, 0.5) is 0 Å². The van der Waals surface area contributed by atoms with Gasteiger partial charge in [-0.3, -0.25) is 0 Å². The molecule has 0 amide bonds. The Labute approximate surface area is 74.6 Å². The van der Waals surface area contributed by atoms with Crippen LogP contribution in [0.3, 0.4) is 0 Å². The zero-order valence-electron chi connectivity index (χ0n) is 8.39. The van der Waals surface area contributed by atoms with Crippen LogP contribution in [0.2, 0.25) is 0 Å². The predicted molar refractivity (Wildman–Crippen MR) is 49.8 cm³/mol. The van der Waals surface area contributed by atoms with E-state index in [-0.39, 0.29) is 11.9 Å². The van der Waals surface area contributed by atoms with Crippen molar-refractivity contribution in [1.82, 2.24) is 0 Å². The molecule has 0 heterocycles. The van der Waals surface area contributed by atoms with Gasteiger partial charge in [0.2, 0.25) is 0 Å². The molecule has 0 aliphatic rings. The van der Waals surface area contributed by atoms with Crippen molar-refractivity contribution in [3.8, 4) is 0 Å². The number of rotatable bonds is 4. The third kappa shape index (κ3) is 3.56. The normalized spacial score (nSPS) is 12.8. The summed E-state index contributed by atoms with van der Waals surface area (Å²) in [7, 11) is 1.38. The van der Waals surface area contributed by atoms with Crippen LogP contribution >= 0.6 is 0 Å². The largest absolute Gasteiger partial charge is 0.466 e. The van der Waals surface area contributed by atoms with Crippen LogP contribution in [0.15, 0.2) is 12.2 Å². The minimum atomic E-state index is -0.289. The fourth-order valence-corrected chi connectivity index (χ4v) is 1.18. The standard InChI is InChI=1S/C10H18O2/c1-7(2)6-8(3)9(4)10(11)12-5/h7-8H,4,6H2,1-3,5H3/t8-/m0/s1. The number of carbonyl (C=O) groups is 1. The van der Waals surface area contributed by atoms with Crippen molar-refractivity contribution >= 4 is 5.97 Å². The summed E-state index contributed by atoms with van der Waals surface area (Å²) in [5, 5.41) is 0. The summed E-state index contributed by atoms with van der Waals surface area (Å²) in [4.78, 5) is 11.0. The Hall–Kier alpha value is -0.790. The molecule has 0 saturated carbocycles. The van der Waals surface area contributed by atoms with E-state index in [1.807, 2.05) is 6.92 Å². The summed E-state index contributed by atoms with van der Waals surface area (Å²) in [5.74, 6) is 0.516. The highest BCUT2D eigenvalue weighted by molar-refractivity contribution is 5.88. The second kappa shape index (κ2) is 4.96. The van der Waals surface area contributed by atoms with Crippen molar-refractivity contribution in [2.24, 2.45) is 11.8 Å². The van der Waals surface area contributed by atoms with E-state index >= 15 is 0 Å². The first-order valence-corrected chi connectivity index (χ1v) is 4.26. The molecule has 70 valence electrons. The predicted octanol–water partition coefficient (Wildman–Crippen LogP) is 2.40. The molecular weight excluding hydrogens is 152 g/mol. The summed E-state index contributed by atoms with van der Waals surface area (Å²) in [6, 6.07) is 0. The highest BCUT2D eigenvalue weighted by atomic mass is 16.5. The van der Waals surface area contributed by atoms with Crippen molar-refractivity contribution in [3.05, 3.63) is 12.2 Å². The van der Waals surface area contributed by atoms with E-state index in [1.54, 1.807) is 0 Å². The Morgan fingerprint density at radius 1 is 1.42 bits per heavy atom. The summed E-state index contributed by atoms with van der Waals surface area (Å²) >= 11 is 0. The SMILES string of the molecule is C=C(C(=O)OC)[C@@H](C)CC(C)C. The summed E-state index contributed by atoms with van der Waals surface area (Å²) < 4.78 is 4.58. The number of hydrogen-bond donors (Lipinski definition) is 0. The zero-order valence-corrected chi connectivity index (χ0v) is 8.39. The molecule has 0 radical (unpaired) electrons. The van der Waals surface area contributed by atoms with Gasteiger partial charge in [-0.25, -0.2) is 4.79 Å². The number of ether oxygens (including phenoxy) is 1. The molecule has 0 N–H and O–H groups in total. The fourth-order valence-electron chi connectivity index (χ4n) is 1.18. The van der Waals surface area contributed by atoms with E-state index in [0.29, 0.717) is 11.5 Å². The summed E-state index contributed by atoms with van der Waals surface area (Å²) in [5.41, 5.74) is 0.575. The molecule has 0 aromatic carbocycles. The molecule has 1 atom stereocenters. The Balaban J connectivity index is 4.01. The van der Waals surface area contributed by atoms with Gasteiger partial charge in [0.25, 0.3) is 0 Å². The van der Waals surface area contributed by atoms with Crippen molar-refractivity contribution in [2.45, 2.75) is 27.2 Å². The van der Waals surface area contributed by atoms with Gasteiger partial charge in [-0.15, -0.1) is 0 Å². The zero-order chi connectivity index (χ0) is 9.72. The minimum Gasteiger partial charge on any atom is -0.466 e. The van der Waals surface area contributed by atoms with Gasteiger partial charge in [-0.05, 0) is 18.3 Å². The maximum Gasteiger partial charge on any atom is 0.333 e. The lowest BCUT2D eigenvalue weighted by Gasteiger charge is -2.14. The summed E-state index contributed by atoms with van der Waals surface area (Å²) in [6.07, 6.45) is 0.980. The first-order chi connectivity index (χ1) is 5.49. The lowest BCUT2D eigenvalue weighted by Crippen LogP contribution is -2.12. The quantitative estimate of drug-likeness (QED) is 0.478. The molecule has 0 aromatic rings. The highest BCUT2D eigenvalue weighted by Crippen LogP contribution is 2.18. The van der Waals surface area contributed by atoms with Gasteiger partial charge < -0.3 is 4.74 Å². The lowest BCUT2D eigenvalue weighted by atomic mass is 9.93. The van der Waals surface area contributed by atoms with Gasteiger partial charge in [-0.1, -0.05) is 27.4 Å². The molecule has 2 heteroatoms. The maximum atomic E-state index is 11.0. The monoisotopic (exact) mass is 170 g/mol. The van der Waals surface area contributed by atoms with Gasteiger partial charge in [0.05, 0.1) is 7.11 Å². The Bertz CT molecular complexity index is 171. The van der Waals surface area contributed by atoms with Gasteiger partial charge in [0, 0.05) is 5.57 Å². The molecular formula is C10H18O2. The van der Waals surface area contributed by atoms with E-state index in [1.165, 1.54) is 7.11 Å². The first-order valence-electron chi connectivity index (χ1n) is 4.26. The fraction of sp³-hybridized carbons (Fsp3) is 0.700. The average Bonchev–Trinajstić information content (AvgIpc) is 2.00. The van der Waals surface area contributed by atoms with Gasteiger partial charge in [0.15, 0.2) is 0 Å². The Morgan fingerprint density at radius 2 is 1.92 bits per heavy atom. The minimum absolute atomic E-state index is 0.220. The molecule has 0 aromatic heterocycles. The lowest BCUT2D eigenvalue weighted by molar-refractivity contribution is -0.136. The average molecular weight is 170 g/mol. The summed E-state index contributed by atoms with van der Waals surface area (Å²) in [6.45, 7) is 9.96. The second-order valence-corrected chi connectivity index (χ2v) is 3.55. The maximum absolute atomic E-state index is 11.0. The highest BCUT2D eigenvalue weighted by Gasteiger charge is 2.15. The van der Waals surface area contributed by atoms with Crippen LogP contribution in [0.1, 0.15) is 27.2 Å². The van der Waals surface area contributed by atoms with Crippen LogP contribution in [0.5, 0.6) is 0 Å². The van der Waals surface area contributed by atoms with E-state index in [0.717, 1.165) is 6.42 Å². The second-order valence-electron chi connectivity index (χ2n) is 3.55. The van der Waals surface area contributed by atoms with Gasteiger partial charge >= 0.3 is 5.97 Å². The number of esters is 1. The molecule has 0 unspecified atom stereocenters. The van der Waals surface area contributed by atoms with Crippen molar-refractivity contribution in [3.63, 3.8) is 0 Å². The van der Waals surface area contributed by atoms with Crippen LogP contribution in [-0.2, 0) is 9.53 Å². The number of hydrogen-bond acceptors (Lipinski definition) is 2. The molecule has 0 rings (SSSR count). The molecule has 2 nitrogen and oxygen atoms in total. The first kappa shape index (κ1) is 11.2. The van der Waals surface area contributed by atoms with E-state index in [9.17, 15) is 4.79 Å². The van der Waals surface area contributed by atoms with Crippen LogP contribution in [0, 0.1) is 11.8 Å². The molecule has 0 aliphatic carbocycles. The molecule has 0 saturated heterocycles. The van der Waals surface area contributed by atoms with Gasteiger partial charge in [0.1, 0.15) is 0 Å². The number of methoxy groups -OCH3 is 1. The van der Waals surface area contributed by atoms with Crippen molar-refractivity contribution < 1.29 is 9.53 Å². The molecule has 0 spiro atoms. The molecule has 12 heavy (non-hydrogen) atoms. The van der Waals surface area contributed by atoms with Crippen LogP contribution in [0.25, 0.3) is 0 Å². The molecule has 0 aliphatic heterocycles. The Kier molecular flexibility index (Phi) is 4.64. The van der Waals surface area contributed by atoms with Gasteiger partial charge in [-0.2, -0.15) is 0 Å². The third-order valence-corrected chi connectivity index (χ3v) is 1.87. The molecule has 0 fully saturated rings. The topological polar surface area (TPSA) is 26.3 Å². The van der Waals surface area contributed by atoms with E-state index in [4.69, 9.17) is 0 Å². The molecule has 0 bridgehead atoms. The van der Waals surface area contributed by atoms with Crippen molar-refractivity contribution in [1.29, 1.82) is 0 Å². The van der Waals surface area contributed by atoms with Crippen LogP contribution < -0.4 is 0 Å². The van der Waals surface area contributed by atoms with Crippen LogP contribution in [-0.4, -0.2) is 13.1 Å². The van der Waals surface area contributed by atoms with Crippen molar-refractivity contribution in [2.75, 3.05) is 7.11 Å². The third-order valence-electron chi connectivity index (χ3n) is 1.87. The smallest absolute Gasteiger partial charge is 0.333 e.